The van der Waals surface area contributed by atoms with E-state index in [9.17, 15) is 13.2 Å². The Bertz CT molecular complexity index is 1450. The van der Waals surface area contributed by atoms with Gasteiger partial charge in [-0.2, -0.15) is 4.31 Å². The molecule has 0 amide bonds. The largest absolute Gasteiger partial charge is 0.353 e. The highest BCUT2D eigenvalue weighted by atomic mass is 32.2. The zero-order valence-electron chi connectivity index (χ0n) is 17.5. The molecule has 0 spiro atoms. The van der Waals surface area contributed by atoms with Crippen LogP contribution in [0.4, 0.5) is 5.82 Å². The number of hydrogen-bond donors (Lipinski definition) is 1. The highest BCUT2D eigenvalue weighted by Gasteiger charge is 2.32. The van der Waals surface area contributed by atoms with Crippen LogP contribution in [0.2, 0.25) is 0 Å². The molecule has 4 heterocycles. The van der Waals surface area contributed by atoms with E-state index in [1.165, 1.54) is 4.31 Å². The van der Waals surface area contributed by atoms with Gasteiger partial charge in [-0.25, -0.2) is 18.4 Å². The first kappa shape index (κ1) is 21.3. The fourth-order valence-corrected chi connectivity index (χ4v) is 7.83. The number of fused-ring (bicyclic) bond motifs is 1. The topological polar surface area (TPSA) is 99.3 Å². The first-order chi connectivity index (χ1) is 15.3. The molecule has 11 heteroatoms. The molecule has 4 aromatic rings. The summed E-state index contributed by atoms with van der Waals surface area (Å²) in [5, 5.41) is 3.11. The van der Waals surface area contributed by atoms with Crippen LogP contribution >= 0.6 is 22.7 Å². The molecule has 0 aliphatic carbocycles. The number of H-pyrrole nitrogens is 1. The second-order valence-corrected chi connectivity index (χ2v) is 11.6. The number of hydrogen-bond acceptors (Lipinski definition) is 8. The first-order valence-corrected chi connectivity index (χ1v) is 13.2. The van der Waals surface area contributed by atoms with E-state index in [0.29, 0.717) is 37.7 Å². The quantitative estimate of drug-likeness (QED) is 0.474. The second kappa shape index (κ2) is 8.07. The van der Waals surface area contributed by atoms with Crippen LogP contribution in [0.3, 0.4) is 0 Å². The highest BCUT2D eigenvalue weighted by Crippen LogP contribution is 2.38. The standard InChI is InChI=1S/C21H21N5O3S3/c1-13-20(31-21(27)22-13)32(28,29)26-10-8-25(9-11-26)18-17-16(15-6-4-3-5-7-15)12-30-19(17)24-14(2)23-18/h3-7,12H,8-11H2,1-2H3,(H,22,27). The Hall–Kier alpha value is -2.60. The maximum atomic E-state index is 13.1. The molecule has 0 saturated carbocycles. The number of rotatable bonds is 4. The summed E-state index contributed by atoms with van der Waals surface area (Å²) >= 11 is 2.33. The van der Waals surface area contributed by atoms with Crippen molar-refractivity contribution >= 4 is 48.7 Å². The number of nitrogens with zero attached hydrogens (tertiary/aromatic N) is 4. The van der Waals surface area contributed by atoms with Gasteiger partial charge in [0.2, 0.25) is 0 Å². The van der Waals surface area contributed by atoms with Gasteiger partial charge in [-0.15, -0.1) is 11.3 Å². The smallest absolute Gasteiger partial charge is 0.305 e. The number of aryl methyl sites for hydroxylation is 2. The third kappa shape index (κ3) is 3.64. The van der Waals surface area contributed by atoms with E-state index in [0.717, 1.165) is 38.5 Å². The Morgan fingerprint density at radius 2 is 1.75 bits per heavy atom. The zero-order valence-corrected chi connectivity index (χ0v) is 20.0. The van der Waals surface area contributed by atoms with Crippen molar-refractivity contribution in [1.82, 2.24) is 19.3 Å². The molecule has 0 radical (unpaired) electrons. The van der Waals surface area contributed by atoms with E-state index in [1.54, 1.807) is 18.3 Å². The maximum Gasteiger partial charge on any atom is 0.305 e. The number of benzene rings is 1. The zero-order chi connectivity index (χ0) is 22.5. The lowest BCUT2D eigenvalue weighted by atomic mass is 10.1. The van der Waals surface area contributed by atoms with Crippen molar-refractivity contribution in [2.45, 2.75) is 18.1 Å². The van der Waals surface area contributed by atoms with Crippen molar-refractivity contribution in [2.75, 3.05) is 31.1 Å². The molecule has 0 bridgehead atoms. The fraction of sp³-hybridized carbons (Fsp3) is 0.286. The van der Waals surface area contributed by atoms with Gasteiger partial charge >= 0.3 is 4.87 Å². The Morgan fingerprint density at radius 3 is 2.41 bits per heavy atom. The molecular weight excluding hydrogens is 466 g/mol. The molecule has 1 N–H and O–H groups in total. The molecule has 1 aromatic carbocycles. The van der Waals surface area contributed by atoms with Crippen LogP contribution in [-0.2, 0) is 10.0 Å². The van der Waals surface area contributed by atoms with Gasteiger partial charge in [0.05, 0.1) is 5.39 Å². The van der Waals surface area contributed by atoms with Crippen molar-refractivity contribution in [3.05, 3.63) is 56.9 Å². The lowest BCUT2D eigenvalue weighted by molar-refractivity contribution is 0.385. The normalized spacial score (nSPS) is 15.5. The number of nitrogens with one attached hydrogen (secondary N) is 1. The highest BCUT2D eigenvalue weighted by molar-refractivity contribution is 7.91. The summed E-state index contributed by atoms with van der Waals surface area (Å²) in [7, 11) is -3.71. The van der Waals surface area contributed by atoms with Crippen molar-refractivity contribution in [1.29, 1.82) is 0 Å². The summed E-state index contributed by atoms with van der Waals surface area (Å²) in [5.41, 5.74) is 2.58. The number of piperazine rings is 1. The van der Waals surface area contributed by atoms with Crippen LogP contribution in [0.25, 0.3) is 21.3 Å². The molecule has 166 valence electrons. The molecular formula is C21H21N5O3S3. The Labute approximate surface area is 193 Å². The summed E-state index contributed by atoms with van der Waals surface area (Å²) in [4.78, 5) is 26.3. The van der Waals surface area contributed by atoms with Crippen LogP contribution in [0.15, 0.2) is 44.7 Å². The summed E-state index contributed by atoms with van der Waals surface area (Å²) in [6.45, 7) is 5.15. The number of aromatic amines is 1. The van der Waals surface area contributed by atoms with E-state index in [-0.39, 0.29) is 9.08 Å². The molecule has 32 heavy (non-hydrogen) atoms. The monoisotopic (exact) mass is 487 g/mol. The maximum absolute atomic E-state index is 13.1. The van der Waals surface area contributed by atoms with Crippen LogP contribution < -0.4 is 9.77 Å². The fourth-order valence-electron chi connectivity index (χ4n) is 3.98. The number of anilines is 1. The summed E-state index contributed by atoms with van der Waals surface area (Å²) in [6.07, 6.45) is 0. The predicted molar refractivity (Wildman–Crippen MR) is 128 cm³/mol. The van der Waals surface area contributed by atoms with Crippen molar-refractivity contribution in [2.24, 2.45) is 0 Å². The van der Waals surface area contributed by atoms with Crippen molar-refractivity contribution in [3.8, 4) is 11.1 Å². The van der Waals surface area contributed by atoms with Gasteiger partial charge < -0.3 is 9.88 Å². The molecule has 0 unspecified atom stereocenters. The van der Waals surface area contributed by atoms with E-state index in [4.69, 9.17) is 4.98 Å². The van der Waals surface area contributed by atoms with Gasteiger partial charge in [0, 0.05) is 42.8 Å². The van der Waals surface area contributed by atoms with Crippen molar-refractivity contribution < 1.29 is 8.42 Å². The van der Waals surface area contributed by atoms with E-state index in [2.05, 4.69) is 32.4 Å². The van der Waals surface area contributed by atoms with Crippen molar-refractivity contribution in [3.63, 3.8) is 0 Å². The average molecular weight is 488 g/mol. The van der Waals surface area contributed by atoms with Gasteiger partial charge in [0.1, 0.15) is 16.5 Å². The molecule has 8 nitrogen and oxygen atoms in total. The van der Waals surface area contributed by atoms with Crippen LogP contribution in [0.5, 0.6) is 0 Å². The van der Waals surface area contributed by atoms with Crippen LogP contribution in [0.1, 0.15) is 11.5 Å². The number of aromatic nitrogens is 3. The minimum Gasteiger partial charge on any atom is -0.353 e. The second-order valence-electron chi connectivity index (χ2n) is 7.61. The number of thiophene rings is 1. The van der Waals surface area contributed by atoms with Gasteiger partial charge in [0.15, 0.2) is 4.21 Å². The first-order valence-electron chi connectivity index (χ1n) is 10.1. The van der Waals surface area contributed by atoms with Gasteiger partial charge in [-0.05, 0) is 19.4 Å². The molecule has 0 atom stereocenters. The summed E-state index contributed by atoms with van der Waals surface area (Å²) in [5.74, 6) is 1.53. The van der Waals surface area contributed by atoms with Gasteiger partial charge in [-0.1, -0.05) is 41.7 Å². The Morgan fingerprint density at radius 1 is 1.03 bits per heavy atom. The van der Waals surface area contributed by atoms with Gasteiger partial charge in [0.25, 0.3) is 10.0 Å². The number of sulfonamides is 1. The minimum atomic E-state index is -3.71. The molecule has 1 fully saturated rings. The lowest BCUT2D eigenvalue weighted by Gasteiger charge is -2.35. The number of thiazole rings is 1. The molecule has 1 saturated heterocycles. The summed E-state index contributed by atoms with van der Waals surface area (Å²) < 4.78 is 27.7. The third-order valence-corrected chi connectivity index (χ3v) is 9.86. The Balaban J connectivity index is 1.47. The van der Waals surface area contributed by atoms with Crippen LogP contribution in [0, 0.1) is 13.8 Å². The molecule has 5 rings (SSSR count). The molecule has 1 aliphatic heterocycles. The third-order valence-electron chi connectivity index (χ3n) is 5.50. The lowest BCUT2D eigenvalue weighted by Crippen LogP contribution is -2.49. The van der Waals surface area contributed by atoms with E-state index in [1.807, 2.05) is 25.1 Å². The predicted octanol–water partition coefficient (Wildman–Crippen LogP) is 3.24. The minimum absolute atomic E-state index is 0.0976. The Kier molecular flexibility index (Phi) is 5.36. The van der Waals surface area contributed by atoms with E-state index >= 15 is 0 Å². The summed E-state index contributed by atoms with van der Waals surface area (Å²) in [6, 6.07) is 10.1. The van der Waals surface area contributed by atoms with Gasteiger partial charge in [-0.3, -0.25) is 4.79 Å². The molecule has 1 aliphatic rings. The van der Waals surface area contributed by atoms with Crippen LogP contribution in [-0.4, -0.2) is 53.9 Å². The SMILES string of the molecule is Cc1nc(N2CCN(S(=O)(=O)c3sc(=O)[nH]c3C)CC2)c2c(-c3ccccc3)csc2n1. The molecule has 3 aromatic heterocycles. The average Bonchev–Trinajstić information content (AvgIpc) is 3.36. The van der Waals surface area contributed by atoms with E-state index < -0.39 is 10.0 Å².